The number of carbonyl (C=O) groups excluding carboxylic acids is 1. The number of ether oxygens (including phenoxy) is 3. The molecule has 1 aromatic heterocycles. The van der Waals surface area contributed by atoms with E-state index in [4.69, 9.17) is 19.9 Å². The van der Waals surface area contributed by atoms with Crippen LogP contribution in [0.25, 0.3) is 5.69 Å². The van der Waals surface area contributed by atoms with E-state index in [1.807, 2.05) is 31.2 Å². The van der Waals surface area contributed by atoms with Gasteiger partial charge < -0.3 is 19.9 Å². The van der Waals surface area contributed by atoms with Crippen molar-refractivity contribution >= 4 is 11.6 Å². The molecule has 0 radical (unpaired) electrons. The Morgan fingerprint density at radius 1 is 1.04 bits per heavy atom. The number of anilines is 1. The SMILES string of the molecule is COc1cc(C(=O)c2cnn(-c3ccccc3C)c2N)cc(OC)c1OC. The highest BCUT2D eigenvalue weighted by Gasteiger charge is 2.22. The highest BCUT2D eigenvalue weighted by molar-refractivity contribution is 6.12. The molecule has 27 heavy (non-hydrogen) atoms. The van der Waals surface area contributed by atoms with E-state index in [1.54, 1.807) is 16.8 Å². The average molecular weight is 367 g/mol. The lowest BCUT2D eigenvalue weighted by Crippen LogP contribution is -2.08. The maximum absolute atomic E-state index is 13.0. The zero-order valence-electron chi connectivity index (χ0n) is 15.6. The molecule has 0 saturated carbocycles. The van der Waals surface area contributed by atoms with Crippen molar-refractivity contribution in [2.45, 2.75) is 6.92 Å². The summed E-state index contributed by atoms with van der Waals surface area (Å²) in [5.41, 5.74) is 8.71. The fraction of sp³-hybridized carbons (Fsp3) is 0.200. The number of hydrogen-bond donors (Lipinski definition) is 1. The molecular weight excluding hydrogens is 346 g/mol. The van der Waals surface area contributed by atoms with Crippen molar-refractivity contribution in [1.82, 2.24) is 9.78 Å². The monoisotopic (exact) mass is 367 g/mol. The lowest BCUT2D eigenvalue weighted by molar-refractivity contribution is 0.103. The Balaban J connectivity index is 2.06. The normalized spacial score (nSPS) is 10.5. The van der Waals surface area contributed by atoms with E-state index in [0.29, 0.717) is 28.4 Å². The second-order valence-electron chi connectivity index (χ2n) is 5.88. The maximum atomic E-state index is 13.0. The molecule has 2 aromatic carbocycles. The van der Waals surface area contributed by atoms with Gasteiger partial charge in [0.15, 0.2) is 17.3 Å². The van der Waals surface area contributed by atoms with E-state index < -0.39 is 0 Å². The highest BCUT2D eigenvalue weighted by atomic mass is 16.5. The number of aryl methyl sites for hydroxylation is 1. The van der Waals surface area contributed by atoms with E-state index in [0.717, 1.165) is 11.3 Å². The Morgan fingerprint density at radius 2 is 1.67 bits per heavy atom. The van der Waals surface area contributed by atoms with Crippen LogP contribution in [0.5, 0.6) is 17.2 Å². The van der Waals surface area contributed by atoms with E-state index in [9.17, 15) is 4.79 Å². The summed E-state index contributed by atoms with van der Waals surface area (Å²) < 4.78 is 17.5. The van der Waals surface area contributed by atoms with Gasteiger partial charge in [0.1, 0.15) is 5.82 Å². The summed E-state index contributed by atoms with van der Waals surface area (Å²) >= 11 is 0. The van der Waals surface area contributed by atoms with Crippen molar-refractivity contribution in [2.75, 3.05) is 27.1 Å². The molecule has 7 heteroatoms. The Hall–Kier alpha value is -3.48. The Bertz CT molecular complexity index is 970. The van der Waals surface area contributed by atoms with Gasteiger partial charge in [-0.2, -0.15) is 5.10 Å². The number of carbonyl (C=O) groups is 1. The van der Waals surface area contributed by atoms with Gasteiger partial charge in [0, 0.05) is 5.56 Å². The fourth-order valence-corrected chi connectivity index (χ4v) is 2.89. The predicted molar refractivity (Wildman–Crippen MR) is 102 cm³/mol. The van der Waals surface area contributed by atoms with Crippen molar-refractivity contribution < 1.29 is 19.0 Å². The Morgan fingerprint density at radius 3 is 2.22 bits per heavy atom. The van der Waals surface area contributed by atoms with Gasteiger partial charge in [0.25, 0.3) is 0 Å². The molecule has 0 saturated heterocycles. The fourth-order valence-electron chi connectivity index (χ4n) is 2.89. The first-order chi connectivity index (χ1) is 13.0. The molecular formula is C20H21N3O4. The number of ketones is 1. The minimum atomic E-state index is -0.286. The third-order valence-corrected chi connectivity index (χ3v) is 4.32. The number of para-hydroxylation sites is 1. The van der Waals surface area contributed by atoms with E-state index in [-0.39, 0.29) is 11.6 Å². The predicted octanol–water partition coefficient (Wildman–Crippen LogP) is 3.02. The van der Waals surface area contributed by atoms with Gasteiger partial charge in [0.05, 0.1) is 38.8 Å². The number of methoxy groups -OCH3 is 3. The lowest BCUT2D eigenvalue weighted by Gasteiger charge is -2.13. The number of aromatic nitrogens is 2. The molecule has 0 atom stereocenters. The molecule has 0 aliphatic carbocycles. The minimum Gasteiger partial charge on any atom is -0.493 e. The van der Waals surface area contributed by atoms with Crippen molar-refractivity contribution in [3.05, 3.63) is 59.3 Å². The van der Waals surface area contributed by atoms with Crippen LogP contribution in [0, 0.1) is 6.92 Å². The first-order valence-electron chi connectivity index (χ1n) is 8.26. The molecule has 3 rings (SSSR count). The largest absolute Gasteiger partial charge is 0.493 e. The van der Waals surface area contributed by atoms with Crippen LogP contribution in [0.15, 0.2) is 42.6 Å². The van der Waals surface area contributed by atoms with Gasteiger partial charge in [-0.05, 0) is 30.7 Å². The van der Waals surface area contributed by atoms with Gasteiger partial charge in [-0.3, -0.25) is 4.79 Å². The quantitative estimate of drug-likeness (QED) is 0.674. The summed E-state index contributed by atoms with van der Waals surface area (Å²) in [5, 5.41) is 4.30. The average Bonchev–Trinajstić information content (AvgIpc) is 3.07. The number of hydrogen-bond acceptors (Lipinski definition) is 6. The van der Waals surface area contributed by atoms with Crippen LogP contribution in [0.4, 0.5) is 5.82 Å². The van der Waals surface area contributed by atoms with Crippen molar-refractivity contribution in [3.63, 3.8) is 0 Å². The van der Waals surface area contributed by atoms with Crippen LogP contribution in [-0.4, -0.2) is 36.9 Å². The molecule has 0 bridgehead atoms. The van der Waals surface area contributed by atoms with Gasteiger partial charge in [-0.15, -0.1) is 0 Å². The van der Waals surface area contributed by atoms with E-state index >= 15 is 0 Å². The molecule has 3 aromatic rings. The highest BCUT2D eigenvalue weighted by Crippen LogP contribution is 2.39. The molecule has 7 nitrogen and oxygen atoms in total. The molecule has 140 valence electrons. The van der Waals surface area contributed by atoms with E-state index in [2.05, 4.69) is 5.10 Å². The third kappa shape index (κ3) is 3.19. The maximum Gasteiger partial charge on any atom is 0.203 e. The van der Waals surface area contributed by atoms with Crippen molar-refractivity contribution in [3.8, 4) is 22.9 Å². The molecule has 0 unspecified atom stereocenters. The topological polar surface area (TPSA) is 88.6 Å². The smallest absolute Gasteiger partial charge is 0.203 e. The summed E-state index contributed by atoms with van der Waals surface area (Å²) in [6.45, 7) is 1.96. The van der Waals surface area contributed by atoms with Crippen LogP contribution >= 0.6 is 0 Å². The number of nitrogen functional groups attached to an aromatic ring is 1. The summed E-state index contributed by atoms with van der Waals surface area (Å²) in [6.07, 6.45) is 1.47. The van der Waals surface area contributed by atoms with Crippen molar-refractivity contribution in [1.29, 1.82) is 0 Å². The molecule has 0 amide bonds. The zero-order chi connectivity index (χ0) is 19.6. The van der Waals surface area contributed by atoms with Crippen LogP contribution in [0.2, 0.25) is 0 Å². The molecule has 0 spiro atoms. The molecule has 1 heterocycles. The summed E-state index contributed by atoms with van der Waals surface area (Å²) in [6, 6.07) is 10.9. The third-order valence-electron chi connectivity index (χ3n) is 4.32. The first-order valence-corrected chi connectivity index (χ1v) is 8.26. The number of benzene rings is 2. The molecule has 0 aliphatic rings. The van der Waals surface area contributed by atoms with Gasteiger partial charge in [0.2, 0.25) is 5.75 Å². The van der Waals surface area contributed by atoms with Crippen LogP contribution < -0.4 is 19.9 Å². The second-order valence-corrected chi connectivity index (χ2v) is 5.88. The summed E-state index contributed by atoms with van der Waals surface area (Å²) in [5.74, 6) is 1.19. The van der Waals surface area contributed by atoms with E-state index in [1.165, 1.54) is 27.5 Å². The minimum absolute atomic E-state index is 0.267. The standard InChI is InChI=1S/C20H21N3O4/c1-12-7-5-6-8-15(12)23-20(21)14(11-22-23)18(24)13-9-16(25-2)19(27-4)17(10-13)26-3/h5-11H,21H2,1-4H3. The van der Waals surface area contributed by atoms with Crippen LogP contribution in [0.1, 0.15) is 21.5 Å². The van der Waals surface area contributed by atoms with Gasteiger partial charge >= 0.3 is 0 Å². The Kier molecular flexibility index (Phi) is 5.03. The first kappa shape index (κ1) is 18.3. The number of rotatable bonds is 6. The number of nitrogens with two attached hydrogens (primary N) is 1. The van der Waals surface area contributed by atoms with Gasteiger partial charge in [-0.1, -0.05) is 18.2 Å². The van der Waals surface area contributed by atoms with Crippen molar-refractivity contribution in [2.24, 2.45) is 0 Å². The molecule has 0 aliphatic heterocycles. The second kappa shape index (κ2) is 7.41. The summed E-state index contributed by atoms with van der Waals surface area (Å²) in [4.78, 5) is 13.0. The Labute approximate surface area is 157 Å². The molecule has 2 N–H and O–H groups in total. The van der Waals surface area contributed by atoms with Crippen LogP contribution in [-0.2, 0) is 0 Å². The summed E-state index contributed by atoms with van der Waals surface area (Å²) in [7, 11) is 4.50. The lowest BCUT2D eigenvalue weighted by atomic mass is 10.0. The molecule has 0 fully saturated rings. The van der Waals surface area contributed by atoms with Gasteiger partial charge in [-0.25, -0.2) is 4.68 Å². The zero-order valence-corrected chi connectivity index (χ0v) is 15.6. The number of nitrogens with zero attached hydrogens (tertiary/aromatic N) is 2. The van der Waals surface area contributed by atoms with Crippen LogP contribution in [0.3, 0.4) is 0 Å².